The lowest BCUT2D eigenvalue weighted by Gasteiger charge is -2.13. The van der Waals surface area contributed by atoms with Gasteiger partial charge in [0.1, 0.15) is 0 Å². The van der Waals surface area contributed by atoms with E-state index in [-0.39, 0.29) is 11.1 Å². The first kappa shape index (κ1) is 17.9. The summed E-state index contributed by atoms with van der Waals surface area (Å²) in [5, 5.41) is 19.2. The predicted octanol–water partition coefficient (Wildman–Crippen LogP) is 4.22. The van der Waals surface area contributed by atoms with Crippen molar-refractivity contribution in [2.45, 2.75) is 12.8 Å². The van der Waals surface area contributed by atoms with E-state index in [9.17, 15) is 14.7 Å². The van der Waals surface area contributed by atoms with Crippen LogP contribution in [0.5, 0.6) is 0 Å². The summed E-state index contributed by atoms with van der Waals surface area (Å²) in [5.41, 5.74) is 2.87. The first-order valence-corrected chi connectivity index (χ1v) is 9.05. The molecule has 4 nitrogen and oxygen atoms in total. The van der Waals surface area contributed by atoms with Gasteiger partial charge in [0, 0.05) is 8.90 Å². The van der Waals surface area contributed by atoms with Gasteiger partial charge in [0.15, 0.2) is 0 Å². The van der Waals surface area contributed by atoms with Crippen molar-refractivity contribution in [3.8, 4) is 0 Å². The van der Waals surface area contributed by atoms with Crippen LogP contribution in [0.4, 0.5) is 0 Å². The molecule has 0 aliphatic carbocycles. The highest BCUT2D eigenvalue weighted by Gasteiger charge is 2.16. The zero-order valence-corrected chi connectivity index (χ0v) is 15.8. The second-order valence-electron chi connectivity index (χ2n) is 4.98. The fraction of sp³-hybridized carbons (Fsp3) is 0.176. The van der Waals surface area contributed by atoms with Crippen LogP contribution >= 0.6 is 38.5 Å². The fourth-order valence-electron chi connectivity index (χ4n) is 2.41. The van der Waals surface area contributed by atoms with Crippen molar-refractivity contribution in [2.24, 2.45) is 0 Å². The van der Waals surface area contributed by atoms with Crippen molar-refractivity contribution in [3.05, 3.63) is 67.8 Å². The maximum absolute atomic E-state index is 11.5. The molecule has 120 valence electrons. The number of rotatable bonds is 6. The normalized spacial score (nSPS) is 10.5. The number of benzene rings is 2. The Morgan fingerprint density at radius 1 is 1.04 bits per heavy atom. The van der Waals surface area contributed by atoms with Gasteiger partial charge in [-0.1, -0.05) is 34.1 Å². The van der Waals surface area contributed by atoms with E-state index >= 15 is 0 Å². The van der Waals surface area contributed by atoms with Crippen LogP contribution in [0.3, 0.4) is 0 Å². The molecule has 0 heterocycles. The molecule has 2 rings (SSSR count). The summed E-state index contributed by atoms with van der Waals surface area (Å²) in [7, 11) is 0. The molecule has 0 saturated heterocycles. The Hall–Kier alpha value is -1.41. The van der Waals surface area contributed by atoms with Crippen LogP contribution < -0.4 is 0 Å². The molecule has 0 spiro atoms. The standard InChI is InChI=1S/C17H14BrIO4/c18-7-6-13-10(2-1-3-15(13)19)8-11-4-5-12(16(20)21)9-14(11)17(22)23/h1-5,9H,6-8H2,(H,20,21)(H,22,23). The molecular weight excluding hydrogens is 475 g/mol. The van der Waals surface area contributed by atoms with Crippen molar-refractivity contribution in [1.82, 2.24) is 0 Å². The van der Waals surface area contributed by atoms with Gasteiger partial charge in [0.05, 0.1) is 11.1 Å². The minimum atomic E-state index is -1.13. The number of hydrogen-bond acceptors (Lipinski definition) is 2. The van der Waals surface area contributed by atoms with Gasteiger partial charge in [0.25, 0.3) is 0 Å². The molecule has 0 saturated carbocycles. The summed E-state index contributed by atoms with van der Waals surface area (Å²) < 4.78 is 1.14. The first-order chi connectivity index (χ1) is 10.9. The second kappa shape index (κ2) is 7.92. The molecule has 2 aromatic rings. The highest BCUT2D eigenvalue weighted by atomic mass is 127. The molecule has 2 N–H and O–H groups in total. The zero-order valence-electron chi connectivity index (χ0n) is 12.1. The van der Waals surface area contributed by atoms with E-state index in [4.69, 9.17) is 5.11 Å². The van der Waals surface area contributed by atoms with Crippen molar-refractivity contribution >= 4 is 50.5 Å². The number of carbonyl (C=O) groups is 2. The van der Waals surface area contributed by atoms with Gasteiger partial charge in [-0.3, -0.25) is 0 Å². The minimum Gasteiger partial charge on any atom is -0.478 e. The number of halogens is 2. The lowest BCUT2D eigenvalue weighted by Crippen LogP contribution is -2.08. The van der Waals surface area contributed by atoms with Gasteiger partial charge >= 0.3 is 11.9 Å². The van der Waals surface area contributed by atoms with E-state index < -0.39 is 11.9 Å². The Kier molecular flexibility index (Phi) is 6.17. The summed E-state index contributed by atoms with van der Waals surface area (Å²) in [4.78, 5) is 22.5. The molecule has 0 amide bonds. The van der Waals surface area contributed by atoms with Crippen molar-refractivity contribution in [3.63, 3.8) is 0 Å². The molecule has 0 fully saturated rings. The van der Waals surface area contributed by atoms with Crippen LogP contribution in [0, 0.1) is 3.57 Å². The molecule has 23 heavy (non-hydrogen) atoms. The quantitative estimate of drug-likeness (QED) is 0.471. The summed E-state index contributed by atoms with van der Waals surface area (Å²) >= 11 is 5.71. The van der Waals surface area contributed by atoms with Crippen LogP contribution in [-0.2, 0) is 12.8 Å². The van der Waals surface area contributed by atoms with Gasteiger partial charge in [-0.05, 0) is 70.3 Å². The van der Waals surface area contributed by atoms with E-state index in [1.165, 1.54) is 17.7 Å². The number of hydrogen-bond donors (Lipinski definition) is 2. The van der Waals surface area contributed by atoms with Crippen LogP contribution in [0.15, 0.2) is 36.4 Å². The number of carboxylic acids is 2. The molecule has 0 bridgehead atoms. The zero-order chi connectivity index (χ0) is 17.0. The third-order valence-corrected chi connectivity index (χ3v) is 4.94. The molecule has 6 heteroatoms. The Morgan fingerprint density at radius 3 is 2.39 bits per heavy atom. The van der Waals surface area contributed by atoms with Gasteiger partial charge in [-0.2, -0.15) is 0 Å². The predicted molar refractivity (Wildman–Crippen MR) is 99.8 cm³/mol. The number of aromatic carboxylic acids is 2. The lowest BCUT2D eigenvalue weighted by atomic mass is 9.94. The molecule has 0 unspecified atom stereocenters. The highest BCUT2D eigenvalue weighted by Crippen LogP contribution is 2.23. The SMILES string of the molecule is O=C(O)c1ccc(Cc2cccc(I)c2CCBr)c(C(=O)O)c1. The summed E-state index contributed by atoms with van der Waals surface area (Å²) in [6, 6.07) is 10.2. The molecule has 2 aromatic carbocycles. The van der Waals surface area contributed by atoms with Gasteiger partial charge in [0.2, 0.25) is 0 Å². The topological polar surface area (TPSA) is 74.6 Å². The maximum atomic E-state index is 11.5. The summed E-state index contributed by atoms with van der Waals surface area (Å²) in [6.45, 7) is 0. The van der Waals surface area contributed by atoms with Crippen LogP contribution in [-0.4, -0.2) is 27.5 Å². The summed E-state index contributed by atoms with van der Waals surface area (Å²) in [5.74, 6) is -2.25. The second-order valence-corrected chi connectivity index (χ2v) is 6.93. The first-order valence-electron chi connectivity index (χ1n) is 6.85. The van der Waals surface area contributed by atoms with Crippen LogP contribution in [0.2, 0.25) is 0 Å². The molecular formula is C17H14BrIO4. The summed E-state index contributed by atoms with van der Waals surface area (Å²) in [6.07, 6.45) is 1.31. The molecule has 0 atom stereocenters. The van der Waals surface area contributed by atoms with Gasteiger partial charge in [-0.15, -0.1) is 0 Å². The van der Waals surface area contributed by atoms with Crippen LogP contribution in [0.1, 0.15) is 37.4 Å². The number of alkyl halides is 1. The van der Waals surface area contributed by atoms with E-state index in [0.29, 0.717) is 12.0 Å². The minimum absolute atomic E-state index is 0.0190. The Labute approximate surface area is 155 Å². The third-order valence-electron chi connectivity index (χ3n) is 3.53. The van der Waals surface area contributed by atoms with E-state index in [1.54, 1.807) is 6.07 Å². The van der Waals surface area contributed by atoms with Crippen molar-refractivity contribution < 1.29 is 19.8 Å². The van der Waals surface area contributed by atoms with Gasteiger partial charge < -0.3 is 10.2 Å². The average molecular weight is 489 g/mol. The molecule has 0 radical (unpaired) electrons. The Bertz CT molecular complexity index is 758. The number of carboxylic acid groups (broad SMARTS) is 2. The van der Waals surface area contributed by atoms with Gasteiger partial charge in [-0.25, -0.2) is 9.59 Å². The monoisotopic (exact) mass is 488 g/mol. The molecule has 0 aromatic heterocycles. The smallest absolute Gasteiger partial charge is 0.336 e. The third kappa shape index (κ3) is 4.32. The Morgan fingerprint density at radius 2 is 1.78 bits per heavy atom. The van der Waals surface area contributed by atoms with Crippen LogP contribution in [0.25, 0.3) is 0 Å². The van der Waals surface area contributed by atoms with Crippen molar-refractivity contribution in [1.29, 1.82) is 0 Å². The lowest BCUT2D eigenvalue weighted by molar-refractivity contribution is 0.0695. The molecule has 0 aliphatic heterocycles. The fourth-order valence-corrected chi connectivity index (χ4v) is 3.63. The maximum Gasteiger partial charge on any atom is 0.336 e. The van der Waals surface area contributed by atoms with E-state index in [1.807, 2.05) is 18.2 Å². The molecule has 0 aliphatic rings. The van der Waals surface area contributed by atoms with Crippen molar-refractivity contribution in [2.75, 3.05) is 5.33 Å². The van der Waals surface area contributed by atoms with E-state index in [2.05, 4.69) is 38.5 Å². The average Bonchev–Trinajstić information content (AvgIpc) is 2.50. The Balaban J connectivity index is 2.46. The van der Waals surface area contributed by atoms with E-state index in [0.717, 1.165) is 20.9 Å². The highest BCUT2D eigenvalue weighted by molar-refractivity contribution is 14.1. The largest absolute Gasteiger partial charge is 0.478 e.